The van der Waals surface area contributed by atoms with Crippen LogP contribution in [0.5, 0.6) is 5.88 Å². The summed E-state index contributed by atoms with van der Waals surface area (Å²) in [5.74, 6) is -0.354. The number of aromatic amines is 1. The van der Waals surface area contributed by atoms with E-state index < -0.39 is 6.36 Å². The molecule has 2 nitrogen and oxygen atoms in total. The van der Waals surface area contributed by atoms with Gasteiger partial charge in [-0.3, -0.25) is 0 Å². The van der Waals surface area contributed by atoms with Crippen LogP contribution in [0.4, 0.5) is 13.2 Å². The van der Waals surface area contributed by atoms with Gasteiger partial charge in [-0.25, -0.2) is 0 Å². The van der Waals surface area contributed by atoms with Crippen molar-refractivity contribution in [2.45, 2.75) is 6.36 Å². The number of aromatic nitrogens is 1. The zero-order chi connectivity index (χ0) is 7.61. The second kappa shape index (κ2) is 2.24. The molecule has 1 heterocycles. The average molecular weight is 150 g/mol. The first kappa shape index (κ1) is 6.98. The van der Waals surface area contributed by atoms with Crippen LogP contribution in [-0.4, -0.2) is 11.3 Å². The standard InChI is InChI=1S/C5H3F3NO/c6-5(7,8)10-4-2-1-3-9-4/h1-2,9H. The Bertz CT molecular complexity index is 191. The number of rotatable bonds is 1. The van der Waals surface area contributed by atoms with E-state index in [1.165, 1.54) is 6.07 Å². The van der Waals surface area contributed by atoms with E-state index in [9.17, 15) is 13.2 Å². The van der Waals surface area contributed by atoms with E-state index in [0.29, 0.717) is 0 Å². The Kier molecular flexibility index (Phi) is 1.57. The number of nitrogens with one attached hydrogen (secondary N) is 1. The lowest BCUT2D eigenvalue weighted by Gasteiger charge is -2.04. The summed E-state index contributed by atoms with van der Waals surface area (Å²) in [5, 5.41) is 0. The van der Waals surface area contributed by atoms with E-state index in [1.54, 1.807) is 0 Å². The Morgan fingerprint density at radius 2 is 2.20 bits per heavy atom. The summed E-state index contributed by atoms with van der Waals surface area (Å²) in [6, 6.07) is 2.43. The fraction of sp³-hybridized carbons (Fsp3) is 0.200. The molecule has 1 N–H and O–H groups in total. The normalized spacial score (nSPS) is 11.5. The van der Waals surface area contributed by atoms with E-state index >= 15 is 0 Å². The van der Waals surface area contributed by atoms with Gasteiger partial charge in [0.2, 0.25) is 5.88 Å². The van der Waals surface area contributed by atoms with E-state index in [4.69, 9.17) is 0 Å². The first-order valence-electron chi connectivity index (χ1n) is 2.39. The molecule has 10 heavy (non-hydrogen) atoms. The number of halogens is 3. The maximum Gasteiger partial charge on any atom is 0.574 e. The fourth-order valence-corrected chi connectivity index (χ4v) is 0.456. The summed E-state index contributed by atoms with van der Waals surface area (Å²) in [6.07, 6.45) is -2.32. The number of H-pyrrole nitrogens is 1. The zero-order valence-corrected chi connectivity index (χ0v) is 4.70. The quantitative estimate of drug-likeness (QED) is 0.647. The van der Waals surface area contributed by atoms with Crippen molar-refractivity contribution >= 4 is 0 Å². The van der Waals surface area contributed by atoms with Crippen LogP contribution < -0.4 is 4.74 Å². The van der Waals surface area contributed by atoms with Crippen molar-refractivity contribution in [3.05, 3.63) is 18.3 Å². The molecule has 0 aliphatic rings. The largest absolute Gasteiger partial charge is 0.574 e. The highest BCUT2D eigenvalue weighted by molar-refractivity contribution is 5.08. The highest BCUT2D eigenvalue weighted by Gasteiger charge is 2.31. The molecule has 0 aromatic carbocycles. The van der Waals surface area contributed by atoms with Gasteiger partial charge in [0.25, 0.3) is 0 Å². The molecule has 1 radical (unpaired) electrons. The monoisotopic (exact) mass is 150 g/mol. The SMILES string of the molecule is FC(F)(F)Oc1cc[c][nH]1. The maximum atomic E-state index is 11.4. The maximum absolute atomic E-state index is 11.4. The number of hydrogen-bond donors (Lipinski definition) is 1. The Balaban J connectivity index is 2.57. The molecule has 55 valence electrons. The van der Waals surface area contributed by atoms with E-state index in [0.717, 1.165) is 6.07 Å². The minimum Gasteiger partial charge on any atom is -0.390 e. The third-order valence-electron chi connectivity index (χ3n) is 0.739. The van der Waals surface area contributed by atoms with Gasteiger partial charge in [-0.2, -0.15) is 0 Å². The number of hydrogen-bond acceptors (Lipinski definition) is 1. The van der Waals surface area contributed by atoms with Crippen LogP contribution >= 0.6 is 0 Å². The number of ether oxygens (including phenoxy) is 1. The Hall–Kier alpha value is -1.13. The second-order valence-electron chi connectivity index (χ2n) is 1.51. The van der Waals surface area contributed by atoms with Gasteiger partial charge in [0.05, 0.1) is 6.20 Å². The van der Waals surface area contributed by atoms with Crippen LogP contribution in [-0.2, 0) is 0 Å². The van der Waals surface area contributed by atoms with Crippen molar-refractivity contribution in [3.8, 4) is 5.88 Å². The molecule has 0 fully saturated rings. The lowest BCUT2D eigenvalue weighted by molar-refractivity contribution is -0.276. The van der Waals surface area contributed by atoms with Crippen LogP contribution in [0, 0.1) is 6.20 Å². The first-order valence-corrected chi connectivity index (χ1v) is 2.39. The molecule has 0 saturated heterocycles. The minimum absolute atomic E-state index is 0.354. The van der Waals surface area contributed by atoms with Crippen LogP contribution in [0.15, 0.2) is 12.1 Å². The predicted octanol–water partition coefficient (Wildman–Crippen LogP) is 1.71. The molecule has 1 aromatic rings. The van der Waals surface area contributed by atoms with Crippen molar-refractivity contribution in [2.75, 3.05) is 0 Å². The Labute approximate surface area is 54.6 Å². The van der Waals surface area contributed by atoms with Crippen LogP contribution in [0.2, 0.25) is 0 Å². The summed E-state index contributed by atoms with van der Waals surface area (Å²) in [4.78, 5) is 2.13. The summed E-state index contributed by atoms with van der Waals surface area (Å²) in [5.41, 5.74) is 0. The average Bonchev–Trinajstić information content (AvgIpc) is 2.12. The summed E-state index contributed by atoms with van der Waals surface area (Å²) in [6.45, 7) is 0. The molecular weight excluding hydrogens is 147 g/mol. The van der Waals surface area contributed by atoms with E-state index in [-0.39, 0.29) is 5.88 Å². The van der Waals surface area contributed by atoms with Crippen LogP contribution in [0.3, 0.4) is 0 Å². The van der Waals surface area contributed by atoms with Crippen LogP contribution in [0.1, 0.15) is 0 Å². The summed E-state index contributed by atoms with van der Waals surface area (Å²) in [7, 11) is 0. The van der Waals surface area contributed by atoms with Gasteiger partial charge < -0.3 is 9.72 Å². The lowest BCUT2D eigenvalue weighted by Crippen LogP contribution is -2.17. The molecule has 0 atom stereocenters. The molecule has 0 aliphatic carbocycles. The van der Waals surface area contributed by atoms with Crippen molar-refractivity contribution in [3.63, 3.8) is 0 Å². The first-order chi connectivity index (χ1) is 4.58. The molecule has 0 spiro atoms. The predicted molar refractivity (Wildman–Crippen MR) is 26.3 cm³/mol. The Morgan fingerprint density at radius 1 is 1.50 bits per heavy atom. The van der Waals surface area contributed by atoms with E-state index in [2.05, 4.69) is 15.9 Å². The van der Waals surface area contributed by atoms with E-state index in [1.807, 2.05) is 0 Å². The van der Waals surface area contributed by atoms with Gasteiger partial charge in [0, 0.05) is 6.07 Å². The van der Waals surface area contributed by atoms with Gasteiger partial charge >= 0.3 is 6.36 Å². The van der Waals surface area contributed by atoms with Crippen molar-refractivity contribution < 1.29 is 17.9 Å². The highest BCUT2D eigenvalue weighted by atomic mass is 19.4. The van der Waals surface area contributed by atoms with Gasteiger partial charge in [0.1, 0.15) is 0 Å². The third kappa shape index (κ3) is 2.00. The highest BCUT2D eigenvalue weighted by Crippen LogP contribution is 2.19. The topological polar surface area (TPSA) is 25.0 Å². The third-order valence-corrected chi connectivity index (χ3v) is 0.739. The van der Waals surface area contributed by atoms with Gasteiger partial charge in [-0.1, -0.05) is 0 Å². The molecule has 0 unspecified atom stereocenters. The molecule has 1 rings (SSSR count). The molecule has 0 aliphatic heterocycles. The Morgan fingerprint density at radius 3 is 2.60 bits per heavy atom. The molecule has 1 aromatic heterocycles. The summed E-state index contributed by atoms with van der Waals surface area (Å²) >= 11 is 0. The molecule has 0 amide bonds. The smallest absolute Gasteiger partial charge is 0.390 e. The molecule has 0 saturated carbocycles. The lowest BCUT2D eigenvalue weighted by atomic mass is 10.6. The van der Waals surface area contributed by atoms with Crippen LogP contribution in [0.25, 0.3) is 0 Å². The number of alkyl halides is 3. The molecular formula is C5H3F3NO. The van der Waals surface area contributed by atoms with Gasteiger partial charge in [-0.15, -0.1) is 13.2 Å². The summed E-state index contributed by atoms with van der Waals surface area (Å²) < 4.78 is 37.5. The molecule has 0 bridgehead atoms. The zero-order valence-electron chi connectivity index (χ0n) is 4.70. The van der Waals surface area contributed by atoms with Crippen molar-refractivity contribution in [1.29, 1.82) is 0 Å². The van der Waals surface area contributed by atoms with Gasteiger partial charge in [-0.05, 0) is 6.07 Å². The van der Waals surface area contributed by atoms with Crippen molar-refractivity contribution in [2.24, 2.45) is 0 Å². The van der Waals surface area contributed by atoms with Gasteiger partial charge in [0.15, 0.2) is 0 Å². The molecule has 5 heteroatoms. The minimum atomic E-state index is -4.63. The second-order valence-corrected chi connectivity index (χ2v) is 1.51. The van der Waals surface area contributed by atoms with Crippen molar-refractivity contribution in [1.82, 2.24) is 4.98 Å². The fourth-order valence-electron chi connectivity index (χ4n) is 0.456.